The Labute approximate surface area is 132 Å². The van der Waals surface area contributed by atoms with Crippen LogP contribution in [-0.4, -0.2) is 62.1 Å². The van der Waals surface area contributed by atoms with E-state index in [9.17, 15) is 0 Å². The number of unbranched alkanes of at least 4 members (excludes halogenated alkanes) is 2. The summed E-state index contributed by atoms with van der Waals surface area (Å²) in [6.07, 6.45) is 6.56. The molecule has 4 heteroatoms. The Balaban J connectivity index is 4.05. The Morgan fingerprint density at radius 1 is 1.10 bits per heavy atom. The fraction of sp³-hybridized carbons (Fsp3) is 0.824. The summed E-state index contributed by atoms with van der Waals surface area (Å²) in [4.78, 5) is 9.42. The van der Waals surface area contributed by atoms with Gasteiger partial charge in [0.05, 0.1) is 0 Å². The first-order valence-corrected chi connectivity index (χ1v) is 8.52. The third kappa shape index (κ3) is 10.4. The van der Waals surface area contributed by atoms with E-state index in [1.165, 1.54) is 13.0 Å². The Kier molecular flexibility index (Phi) is 13.2. The second-order valence-corrected chi connectivity index (χ2v) is 5.32. The molecule has 0 radical (unpaired) electrons. The molecule has 0 spiro atoms. The number of allylic oxidation sites excluding steroid dienone is 1. The third-order valence-electron chi connectivity index (χ3n) is 3.64. The second kappa shape index (κ2) is 13.9. The van der Waals surface area contributed by atoms with Crippen LogP contribution in [0.5, 0.6) is 0 Å². The number of guanidine groups is 1. The summed E-state index contributed by atoms with van der Waals surface area (Å²) < 4.78 is 0. The molecule has 0 bridgehead atoms. The van der Waals surface area contributed by atoms with Crippen LogP contribution in [0.25, 0.3) is 0 Å². The fourth-order valence-corrected chi connectivity index (χ4v) is 2.22. The van der Waals surface area contributed by atoms with E-state index in [0.29, 0.717) is 0 Å². The molecule has 0 aromatic rings. The van der Waals surface area contributed by atoms with Gasteiger partial charge in [-0.1, -0.05) is 19.9 Å². The van der Waals surface area contributed by atoms with Crippen LogP contribution in [0.1, 0.15) is 46.5 Å². The van der Waals surface area contributed by atoms with Gasteiger partial charge in [0.25, 0.3) is 0 Å². The number of hydrogen-bond acceptors (Lipinski definition) is 2. The fourth-order valence-electron chi connectivity index (χ4n) is 2.22. The van der Waals surface area contributed by atoms with Gasteiger partial charge in [-0.15, -0.1) is 6.58 Å². The second-order valence-electron chi connectivity index (χ2n) is 5.32. The zero-order valence-electron chi connectivity index (χ0n) is 14.7. The quantitative estimate of drug-likeness (QED) is 0.260. The minimum atomic E-state index is 0.912. The number of nitrogens with zero attached hydrogens (tertiary/aromatic N) is 3. The molecule has 0 atom stereocenters. The number of hydrogen-bond donors (Lipinski definition) is 1. The monoisotopic (exact) mass is 296 g/mol. The lowest BCUT2D eigenvalue weighted by atomic mass is 10.3. The zero-order valence-corrected chi connectivity index (χ0v) is 14.7. The van der Waals surface area contributed by atoms with E-state index in [1.807, 2.05) is 6.08 Å². The van der Waals surface area contributed by atoms with Crippen LogP contribution in [0.4, 0.5) is 0 Å². The van der Waals surface area contributed by atoms with Crippen LogP contribution in [0.2, 0.25) is 0 Å². The van der Waals surface area contributed by atoms with Gasteiger partial charge in [-0.3, -0.25) is 4.99 Å². The van der Waals surface area contributed by atoms with Gasteiger partial charge in [0.2, 0.25) is 0 Å². The van der Waals surface area contributed by atoms with Gasteiger partial charge in [-0.25, -0.2) is 0 Å². The molecule has 1 N–H and O–H groups in total. The van der Waals surface area contributed by atoms with Crippen LogP contribution in [0.15, 0.2) is 17.6 Å². The molecule has 0 aliphatic heterocycles. The van der Waals surface area contributed by atoms with Crippen LogP contribution in [0.3, 0.4) is 0 Å². The highest BCUT2D eigenvalue weighted by molar-refractivity contribution is 5.79. The average Bonchev–Trinajstić information content (AvgIpc) is 2.50. The van der Waals surface area contributed by atoms with E-state index in [0.717, 1.165) is 57.9 Å². The molecule has 124 valence electrons. The van der Waals surface area contributed by atoms with Crippen molar-refractivity contribution >= 4 is 5.96 Å². The first-order valence-electron chi connectivity index (χ1n) is 8.52. The van der Waals surface area contributed by atoms with Gasteiger partial charge in [-0.2, -0.15) is 0 Å². The van der Waals surface area contributed by atoms with E-state index in [4.69, 9.17) is 4.99 Å². The van der Waals surface area contributed by atoms with Gasteiger partial charge in [0, 0.05) is 26.7 Å². The summed E-state index contributed by atoms with van der Waals surface area (Å²) in [6, 6.07) is 0. The molecular weight excluding hydrogens is 260 g/mol. The predicted octanol–water partition coefficient (Wildman–Crippen LogP) is 2.97. The third-order valence-corrected chi connectivity index (χ3v) is 3.64. The van der Waals surface area contributed by atoms with Crippen LogP contribution >= 0.6 is 0 Å². The van der Waals surface area contributed by atoms with Crippen molar-refractivity contribution in [1.29, 1.82) is 0 Å². The molecule has 0 aromatic heterocycles. The SMILES string of the molecule is C=CCCCN(C)C(=NCCCCN(CC)CC)NCC. The summed E-state index contributed by atoms with van der Waals surface area (Å²) in [7, 11) is 2.11. The molecule has 4 nitrogen and oxygen atoms in total. The van der Waals surface area contributed by atoms with Crippen molar-refractivity contribution in [3.63, 3.8) is 0 Å². The average molecular weight is 297 g/mol. The molecule has 0 saturated carbocycles. The van der Waals surface area contributed by atoms with E-state index in [2.05, 4.69) is 49.5 Å². The Morgan fingerprint density at radius 3 is 2.38 bits per heavy atom. The van der Waals surface area contributed by atoms with Gasteiger partial charge >= 0.3 is 0 Å². The summed E-state index contributed by atoms with van der Waals surface area (Å²) in [5.74, 6) is 1.03. The maximum atomic E-state index is 4.73. The molecule has 0 fully saturated rings. The minimum Gasteiger partial charge on any atom is -0.357 e. The van der Waals surface area contributed by atoms with Crippen molar-refractivity contribution in [3.8, 4) is 0 Å². The van der Waals surface area contributed by atoms with E-state index < -0.39 is 0 Å². The van der Waals surface area contributed by atoms with E-state index >= 15 is 0 Å². The first kappa shape index (κ1) is 20.0. The van der Waals surface area contributed by atoms with Crippen molar-refractivity contribution in [2.75, 3.05) is 46.3 Å². The molecule has 0 aliphatic carbocycles. The van der Waals surface area contributed by atoms with Crippen LogP contribution in [-0.2, 0) is 0 Å². The van der Waals surface area contributed by atoms with Crippen molar-refractivity contribution < 1.29 is 0 Å². The molecule has 0 aliphatic rings. The standard InChI is InChI=1S/C17H36N4/c1-6-10-12-15-20(5)17(18-7-2)19-14-11-13-16-21(8-3)9-4/h6H,1,7-16H2,2-5H3,(H,18,19). The smallest absolute Gasteiger partial charge is 0.193 e. The summed E-state index contributed by atoms with van der Waals surface area (Å²) in [6.45, 7) is 16.7. The van der Waals surface area contributed by atoms with Gasteiger partial charge < -0.3 is 15.1 Å². The molecular formula is C17H36N4. The lowest BCUT2D eigenvalue weighted by Gasteiger charge is -2.22. The predicted molar refractivity (Wildman–Crippen MR) is 95.1 cm³/mol. The van der Waals surface area contributed by atoms with Gasteiger partial charge in [0.1, 0.15) is 0 Å². The van der Waals surface area contributed by atoms with Crippen molar-refractivity contribution in [1.82, 2.24) is 15.1 Å². The molecule has 0 unspecified atom stereocenters. The molecule has 0 aromatic carbocycles. The molecule has 0 heterocycles. The van der Waals surface area contributed by atoms with Gasteiger partial charge in [-0.05, 0) is 52.2 Å². The maximum absolute atomic E-state index is 4.73. The van der Waals surface area contributed by atoms with Crippen LogP contribution < -0.4 is 5.32 Å². The number of aliphatic imine (C=N–C) groups is 1. The highest BCUT2D eigenvalue weighted by atomic mass is 15.3. The zero-order chi connectivity index (χ0) is 15.9. The van der Waals surface area contributed by atoms with Gasteiger partial charge in [0.15, 0.2) is 5.96 Å². The minimum absolute atomic E-state index is 0.912. The summed E-state index contributed by atoms with van der Waals surface area (Å²) in [5.41, 5.74) is 0. The lowest BCUT2D eigenvalue weighted by Crippen LogP contribution is -2.39. The van der Waals surface area contributed by atoms with Crippen molar-refractivity contribution in [2.45, 2.75) is 46.5 Å². The molecule has 0 amide bonds. The van der Waals surface area contributed by atoms with E-state index in [-0.39, 0.29) is 0 Å². The Bertz CT molecular complexity index is 272. The topological polar surface area (TPSA) is 30.9 Å². The maximum Gasteiger partial charge on any atom is 0.193 e. The summed E-state index contributed by atoms with van der Waals surface area (Å²) in [5, 5.41) is 3.37. The van der Waals surface area contributed by atoms with Crippen LogP contribution in [0, 0.1) is 0 Å². The molecule has 0 saturated heterocycles. The van der Waals surface area contributed by atoms with E-state index in [1.54, 1.807) is 0 Å². The largest absolute Gasteiger partial charge is 0.357 e. The molecule has 21 heavy (non-hydrogen) atoms. The Hall–Kier alpha value is -1.03. The highest BCUT2D eigenvalue weighted by Gasteiger charge is 2.04. The first-order chi connectivity index (χ1) is 10.2. The number of rotatable bonds is 12. The number of nitrogens with one attached hydrogen (secondary N) is 1. The molecule has 0 rings (SSSR count). The highest BCUT2D eigenvalue weighted by Crippen LogP contribution is 1.98. The van der Waals surface area contributed by atoms with Crippen molar-refractivity contribution in [3.05, 3.63) is 12.7 Å². The lowest BCUT2D eigenvalue weighted by molar-refractivity contribution is 0.297. The Morgan fingerprint density at radius 2 is 1.81 bits per heavy atom. The summed E-state index contributed by atoms with van der Waals surface area (Å²) >= 11 is 0. The van der Waals surface area contributed by atoms with Crippen molar-refractivity contribution in [2.24, 2.45) is 4.99 Å². The normalized spacial score (nSPS) is 11.8.